The summed E-state index contributed by atoms with van der Waals surface area (Å²) in [7, 11) is 0. The molecule has 2 aliphatic rings. The minimum atomic E-state index is -0.503. The van der Waals surface area contributed by atoms with E-state index in [0.29, 0.717) is 13.1 Å². The molecule has 3 amide bonds. The standard InChI is InChI=1S/C21H24FN5O3/c22-15-12-23-20(24-13-15)30-18-8-6-16(7-9-18)25-19(28)14-26-10-11-27(21(26)29)17-4-2-1-3-5-17/h1-5,12-13,16,18H,6-11,14H2,(H,25,28). The van der Waals surface area contributed by atoms with Crippen molar-refractivity contribution in [3.05, 3.63) is 48.5 Å². The van der Waals surface area contributed by atoms with Crippen LogP contribution in [0.1, 0.15) is 25.7 Å². The van der Waals surface area contributed by atoms with Crippen LogP contribution in [0.5, 0.6) is 6.01 Å². The number of nitrogens with one attached hydrogen (secondary N) is 1. The number of nitrogens with zero attached hydrogens (tertiary/aromatic N) is 4. The Balaban J connectivity index is 1.21. The van der Waals surface area contributed by atoms with Gasteiger partial charge in [-0.1, -0.05) is 18.2 Å². The zero-order valence-electron chi connectivity index (χ0n) is 16.5. The van der Waals surface area contributed by atoms with Crippen molar-refractivity contribution < 1.29 is 18.7 Å². The molecule has 2 heterocycles. The van der Waals surface area contributed by atoms with Gasteiger partial charge in [-0.25, -0.2) is 19.2 Å². The third-order valence-corrected chi connectivity index (χ3v) is 5.41. The Kier molecular flexibility index (Phi) is 6.06. The Morgan fingerprint density at radius 2 is 1.80 bits per heavy atom. The van der Waals surface area contributed by atoms with Crippen molar-refractivity contribution >= 4 is 17.6 Å². The van der Waals surface area contributed by atoms with Crippen LogP contribution in [0, 0.1) is 5.82 Å². The molecule has 1 N–H and O–H groups in total. The van der Waals surface area contributed by atoms with E-state index in [4.69, 9.17) is 4.74 Å². The molecule has 0 unspecified atom stereocenters. The summed E-state index contributed by atoms with van der Waals surface area (Å²) in [4.78, 5) is 35.9. The SMILES string of the molecule is O=C(CN1CCN(c2ccccc2)C1=O)NC1CCC(Oc2ncc(F)cn2)CC1. The normalized spacial score (nSPS) is 21.6. The Bertz CT molecular complexity index is 872. The number of urea groups is 1. The number of carbonyl (C=O) groups excluding carboxylic acids is 2. The van der Waals surface area contributed by atoms with Crippen LogP contribution in [0.2, 0.25) is 0 Å². The summed E-state index contributed by atoms with van der Waals surface area (Å²) in [6, 6.07) is 9.53. The summed E-state index contributed by atoms with van der Waals surface area (Å²) in [6.45, 7) is 1.16. The second-order valence-electron chi connectivity index (χ2n) is 7.53. The average Bonchev–Trinajstić information content (AvgIpc) is 3.12. The van der Waals surface area contributed by atoms with Gasteiger partial charge in [0.05, 0.1) is 12.4 Å². The lowest BCUT2D eigenvalue weighted by molar-refractivity contribution is -0.122. The minimum Gasteiger partial charge on any atom is -0.460 e. The molecule has 1 saturated carbocycles. The highest BCUT2D eigenvalue weighted by Crippen LogP contribution is 2.23. The molecule has 0 radical (unpaired) electrons. The van der Waals surface area contributed by atoms with Gasteiger partial charge in [0, 0.05) is 24.8 Å². The quantitative estimate of drug-likeness (QED) is 0.786. The molecule has 4 rings (SSSR count). The van der Waals surface area contributed by atoms with E-state index < -0.39 is 5.82 Å². The Hall–Kier alpha value is -3.23. The molecule has 158 valence electrons. The zero-order valence-corrected chi connectivity index (χ0v) is 16.5. The first kappa shape index (κ1) is 20.1. The molecule has 2 aromatic rings. The molecule has 1 aliphatic heterocycles. The van der Waals surface area contributed by atoms with Crippen LogP contribution in [-0.2, 0) is 4.79 Å². The van der Waals surface area contributed by atoms with Crippen LogP contribution >= 0.6 is 0 Å². The van der Waals surface area contributed by atoms with Crippen LogP contribution < -0.4 is 15.0 Å². The van der Waals surface area contributed by atoms with Crippen molar-refractivity contribution in [3.8, 4) is 6.01 Å². The summed E-state index contributed by atoms with van der Waals surface area (Å²) in [6.07, 6.45) is 5.12. The zero-order chi connectivity index (χ0) is 20.9. The van der Waals surface area contributed by atoms with Crippen molar-refractivity contribution in [2.24, 2.45) is 0 Å². The maximum Gasteiger partial charge on any atom is 0.325 e. The molecular formula is C21H24FN5O3. The van der Waals surface area contributed by atoms with Gasteiger partial charge in [-0.3, -0.25) is 9.69 Å². The third-order valence-electron chi connectivity index (χ3n) is 5.41. The molecule has 1 aromatic heterocycles. The van der Waals surface area contributed by atoms with Crippen LogP contribution in [0.3, 0.4) is 0 Å². The number of para-hydroxylation sites is 1. The first-order valence-corrected chi connectivity index (χ1v) is 10.1. The van der Waals surface area contributed by atoms with Crippen molar-refractivity contribution in [2.75, 3.05) is 24.5 Å². The second-order valence-corrected chi connectivity index (χ2v) is 7.53. The molecule has 0 atom stereocenters. The molecule has 2 fully saturated rings. The van der Waals surface area contributed by atoms with Gasteiger partial charge in [0.2, 0.25) is 5.91 Å². The molecule has 1 aromatic carbocycles. The number of halogens is 1. The van der Waals surface area contributed by atoms with Crippen LogP contribution in [0.4, 0.5) is 14.9 Å². The van der Waals surface area contributed by atoms with Crippen molar-refractivity contribution in [1.29, 1.82) is 0 Å². The van der Waals surface area contributed by atoms with E-state index in [1.165, 1.54) is 0 Å². The smallest absolute Gasteiger partial charge is 0.325 e. The van der Waals surface area contributed by atoms with Crippen molar-refractivity contribution in [1.82, 2.24) is 20.2 Å². The van der Waals surface area contributed by atoms with Crippen LogP contribution in [0.25, 0.3) is 0 Å². The van der Waals surface area contributed by atoms with E-state index >= 15 is 0 Å². The minimum absolute atomic E-state index is 0.0504. The highest BCUT2D eigenvalue weighted by atomic mass is 19.1. The van der Waals surface area contributed by atoms with Gasteiger partial charge < -0.3 is 15.0 Å². The van der Waals surface area contributed by atoms with Gasteiger partial charge in [0.1, 0.15) is 12.6 Å². The Morgan fingerprint density at radius 3 is 2.50 bits per heavy atom. The maximum absolute atomic E-state index is 12.9. The fourth-order valence-electron chi connectivity index (χ4n) is 3.86. The number of hydrogen-bond donors (Lipinski definition) is 1. The molecule has 0 spiro atoms. The second kappa shape index (κ2) is 9.06. The molecule has 0 bridgehead atoms. The Morgan fingerprint density at radius 1 is 1.10 bits per heavy atom. The first-order chi connectivity index (χ1) is 14.6. The predicted molar refractivity (Wildman–Crippen MR) is 108 cm³/mol. The summed E-state index contributed by atoms with van der Waals surface area (Å²) in [5.74, 6) is -0.651. The van der Waals surface area contributed by atoms with Gasteiger partial charge in [-0.05, 0) is 37.8 Å². The van der Waals surface area contributed by atoms with E-state index in [9.17, 15) is 14.0 Å². The lowest BCUT2D eigenvalue weighted by Gasteiger charge is -2.29. The van der Waals surface area contributed by atoms with Crippen molar-refractivity contribution in [2.45, 2.75) is 37.8 Å². The molecule has 30 heavy (non-hydrogen) atoms. The van der Waals surface area contributed by atoms with E-state index in [1.54, 1.807) is 9.80 Å². The van der Waals surface area contributed by atoms with Gasteiger partial charge in [-0.15, -0.1) is 0 Å². The van der Waals surface area contributed by atoms with Crippen LogP contribution in [0.15, 0.2) is 42.7 Å². The number of ether oxygens (including phenoxy) is 1. The Labute approximate surface area is 174 Å². The lowest BCUT2D eigenvalue weighted by Crippen LogP contribution is -2.45. The third kappa shape index (κ3) is 4.84. The number of hydrogen-bond acceptors (Lipinski definition) is 5. The molecule has 1 saturated heterocycles. The van der Waals surface area contributed by atoms with Crippen molar-refractivity contribution in [3.63, 3.8) is 0 Å². The summed E-state index contributed by atoms with van der Waals surface area (Å²) >= 11 is 0. The summed E-state index contributed by atoms with van der Waals surface area (Å²) < 4.78 is 18.5. The predicted octanol–water partition coefficient (Wildman–Crippen LogP) is 2.36. The largest absolute Gasteiger partial charge is 0.460 e. The number of amides is 3. The average molecular weight is 413 g/mol. The molecule has 9 heteroatoms. The topological polar surface area (TPSA) is 87.7 Å². The fourth-order valence-corrected chi connectivity index (χ4v) is 3.86. The summed E-state index contributed by atoms with van der Waals surface area (Å²) in [5.41, 5.74) is 0.842. The fraction of sp³-hybridized carbons (Fsp3) is 0.429. The lowest BCUT2D eigenvalue weighted by atomic mass is 9.93. The number of benzene rings is 1. The molecule has 8 nitrogen and oxygen atoms in total. The highest BCUT2D eigenvalue weighted by molar-refractivity contribution is 5.96. The van der Waals surface area contributed by atoms with E-state index in [0.717, 1.165) is 43.8 Å². The van der Waals surface area contributed by atoms with Crippen LogP contribution in [-0.4, -0.2) is 58.6 Å². The number of carbonyl (C=O) groups is 2. The molecule has 1 aliphatic carbocycles. The number of aromatic nitrogens is 2. The highest BCUT2D eigenvalue weighted by Gasteiger charge is 2.31. The summed E-state index contributed by atoms with van der Waals surface area (Å²) in [5, 5.41) is 3.03. The monoisotopic (exact) mass is 413 g/mol. The van der Waals surface area contributed by atoms with Gasteiger partial charge in [-0.2, -0.15) is 0 Å². The van der Waals surface area contributed by atoms with E-state index in [1.807, 2.05) is 30.3 Å². The maximum atomic E-state index is 12.9. The molecular weight excluding hydrogens is 389 g/mol. The number of rotatable bonds is 6. The van der Waals surface area contributed by atoms with Gasteiger partial charge >= 0.3 is 12.0 Å². The van der Waals surface area contributed by atoms with Gasteiger partial charge in [0.25, 0.3) is 0 Å². The van der Waals surface area contributed by atoms with E-state index in [2.05, 4.69) is 15.3 Å². The van der Waals surface area contributed by atoms with E-state index in [-0.39, 0.29) is 36.6 Å². The van der Waals surface area contributed by atoms with Gasteiger partial charge in [0.15, 0.2) is 5.82 Å². The number of anilines is 1. The first-order valence-electron chi connectivity index (χ1n) is 10.1.